The second kappa shape index (κ2) is 9.90. The molecule has 2 aromatic carbocycles. The number of esters is 1. The van der Waals surface area contributed by atoms with Crippen LogP contribution in [0.4, 0.5) is 5.69 Å². The zero-order valence-corrected chi connectivity index (χ0v) is 17.7. The monoisotopic (exact) mass is 421 g/mol. The summed E-state index contributed by atoms with van der Waals surface area (Å²) in [5.74, 6) is 0.186. The van der Waals surface area contributed by atoms with E-state index in [0.29, 0.717) is 22.9 Å². The van der Waals surface area contributed by atoms with Crippen molar-refractivity contribution in [1.82, 2.24) is 5.32 Å². The predicted octanol–water partition coefficient (Wildman–Crippen LogP) is 4.25. The van der Waals surface area contributed by atoms with E-state index in [1.807, 2.05) is 53.4 Å². The number of carbonyl (C=O) groups excluding carboxylic acids is 1. The highest BCUT2D eigenvalue weighted by Crippen LogP contribution is 2.36. The van der Waals surface area contributed by atoms with Gasteiger partial charge in [0.05, 0.1) is 18.7 Å². The zero-order valence-electron chi connectivity index (χ0n) is 16.9. The van der Waals surface area contributed by atoms with Gasteiger partial charge in [-0.25, -0.2) is 4.79 Å². The molecular formula is C23H23N3O3S. The molecule has 3 rings (SSSR count). The largest absolute Gasteiger partial charge is 0.479 e. The minimum Gasteiger partial charge on any atom is -0.479 e. The normalized spacial score (nSPS) is 16.0. The van der Waals surface area contributed by atoms with E-state index in [4.69, 9.17) is 27.0 Å². The van der Waals surface area contributed by atoms with E-state index < -0.39 is 12.0 Å². The van der Waals surface area contributed by atoms with Crippen molar-refractivity contribution < 1.29 is 14.3 Å². The van der Waals surface area contributed by atoms with Gasteiger partial charge in [-0.1, -0.05) is 43.7 Å². The third-order valence-electron chi connectivity index (χ3n) is 4.76. The number of hydrogen-bond donors (Lipinski definition) is 1. The van der Waals surface area contributed by atoms with Gasteiger partial charge in [0.1, 0.15) is 11.8 Å². The molecule has 6 nitrogen and oxygen atoms in total. The number of carbonyl (C=O) groups is 1. The van der Waals surface area contributed by atoms with E-state index in [1.54, 1.807) is 12.1 Å². The van der Waals surface area contributed by atoms with E-state index in [0.717, 1.165) is 23.4 Å². The number of methoxy groups -OCH3 is 1. The average Bonchev–Trinajstić information content (AvgIpc) is 2.78. The van der Waals surface area contributed by atoms with Gasteiger partial charge in [0.15, 0.2) is 11.7 Å². The topological polar surface area (TPSA) is 74.6 Å². The van der Waals surface area contributed by atoms with Crippen LogP contribution in [0.15, 0.2) is 65.9 Å². The van der Waals surface area contributed by atoms with Gasteiger partial charge >= 0.3 is 5.97 Å². The molecule has 0 aliphatic carbocycles. The number of nitrogens with zero attached hydrogens (tertiary/aromatic N) is 2. The SMILES string of the molecule is CCCC1=C(C(=O)OC)[C@@H](c2ccc(OCC#N)cc2)NC(=S)N1c1ccccc1. The molecular weight excluding hydrogens is 398 g/mol. The number of nitriles is 1. The van der Waals surface area contributed by atoms with Gasteiger partial charge in [-0.3, -0.25) is 4.90 Å². The van der Waals surface area contributed by atoms with Crippen LogP contribution in [0, 0.1) is 11.3 Å². The van der Waals surface area contributed by atoms with Gasteiger partial charge in [0.25, 0.3) is 0 Å². The first-order valence-corrected chi connectivity index (χ1v) is 10.1. The van der Waals surface area contributed by atoms with Crippen LogP contribution in [-0.4, -0.2) is 24.8 Å². The molecule has 0 radical (unpaired) electrons. The summed E-state index contributed by atoms with van der Waals surface area (Å²) in [7, 11) is 1.38. The van der Waals surface area contributed by atoms with Crippen molar-refractivity contribution in [2.24, 2.45) is 0 Å². The number of ether oxygens (including phenoxy) is 2. The molecule has 2 aromatic rings. The Morgan fingerprint density at radius 3 is 2.50 bits per heavy atom. The Hall–Kier alpha value is -3.37. The first-order valence-electron chi connectivity index (χ1n) is 9.67. The molecule has 1 atom stereocenters. The predicted molar refractivity (Wildman–Crippen MR) is 119 cm³/mol. The maximum Gasteiger partial charge on any atom is 0.337 e. The summed E-state index contributed by atoms with van der Waals surface area (Å²) >= 11 is 5.70. The minimum absolute atomic E-state index is 0.0227. The summed E-state index contributed by atoms with van der Waals surface area (Å²) in [5, 5.41) is 12.5. The Kier molecular flexibility index (Phi) is 7.04. The molecule has 0 fully saturated rings. The first-order chi connectivity index (χ1) is 14.6. The number of nitrogens with one attached hydrogen (secondary N) is 1. The molecule has 0 saturated heterocycles. The lowest BCUT2D eigenvalue weighted by Gasteiger charge is -2.38. The number of benzene rings is 2. The van der Waals surface area contributed by atoms with E-state index in [-0.39, 0.29) is 6.61 Å². The van der Waals surface area contributed by atoms with Crippen molar-refractivity contribution in [1.29, 1.82) is 5.26 Å². The lowest BCUT2D eigenvalue weighted by molar-refractivity contribution is -0.136. The number of para-hydroxylation sites is 1. The van der Waals surface area contributed by atoms with Gasteiger partial charge in [0, 0.05) is 11.4 Å². The summed E-state index contributed by atoms with van der Waals surface area (Å²) in [6.45, 7) is 2.04. The van der Waals surface area contributed by atoms with Crippen LogP contribution in [-0.2, 0) is 9.53 Å². The molecule has 1 aliphatic heterocycles. The van der Waals surface area contributed by atoms with Gasteiger partial charge in [-0.2, -0.15) is 5.26 Å². The fourth-order valence-corrected chi connectivity index (χ4v) is 3.80. The number of rotatable bonds is 7. The summed E-state index contributed by atoms with van der Waals surface area (Å²) in [5.41, 5.74) is 3.10. The van der Waals surface area contributed by atoms with E-state index >= 15 is 0 Å². The highest BCUT2D eigenvalue weighted by Gasteiger charge is 2.36. The van der Waals surface area contributed by atoms with Crippen LogP contribution in [0.25, 0.3) is 0 Å². The highest BCUT2D eigenvalue weighted by molar-refractivity contribution is 7.80. The maximum absolute atomic E-state index is 12.9. The molecule has 154 valence electrons. The third kappa shape index (κ3) is 4.44. The van der Waals surface area contributed by atoms with Crippen molar-refractivity contribution in [3.8, 4) is 11.8 Å². The number of anilines is 1. The van der Waals surface area contributed by atoms with Crippen LogP contribution in [0.1, 0.15) is 31.4 Å². The Morgan fingerprint density at radius 2 is 1.90 bits per heavy atom. The maximum atomic E-state index is 12.9. The van der Waals surface area contributed by atoms with E-state index in [9.17, 15) is 4.79 Å². The molecule has 0 unspecified atom stereocenters. The molecule has 1 aliphatic rings. The molecule has 0 aromatic heterocycles. The number of allylic oxidation sites excluding steroid dienone is 1. The molecule has 0 amide bonds. The number of hydrogen-bond acceptors (Lipinski definition) is 5. The molecule has 0 bridgehead atoms. The van der Waals surface area contributed by atoms with Crippen molar-refractivity contribution >= 4 is 29.0 Å². The molecule has 30 heavy (non-hydrogen) atoms. The molecule has 0 saturated carbocycles. The second-order valence-corrected chi connectivity index (χ2v) is 7.06. The Morgan fingerprint density at radius 1 is 1.20 bits per heavy atom. The number of thiocarbonyl (C=S) groups is 1. The molecule has 1 N–H and O–H groups in total. The van der Waals surface area contributed by atoms with Gasteiger partial charge in [0.2, 0.25) is 0 Å². The fraction of sp³-hybridized carbons (Fsp3) is 0.261. The molecule has 0 spiro atoms. The first kappa shape index (κ1) is 21.3. The summed E-state index contributed by atoms with van der Waals surface area (Å²) in [4.78, 5) is 14.8. The van der Waals surface area contributed by atoms with Gasteiger partial charge < -0.3 is 14.8 Å². The Balaban J connectivity index is 2.09. The second-order valence-electron chi connectivity index (χ2n) is 6.67. The van der Waals surface area contributed by atoms with Crippen molar-refractivity contribution in [3.05, 3.63) is 71.4 Å². The van der Waals surface area contributed by atoms with Crippen molar-refractivity contribution in [2.75, 3.05) is 18.6 Å². The standard InChI is InChI=1S/C23H23N3O3S/c1-3-7-19-20(22(27)28-2)21(16-10-12-18(13-11-16)29-15-14-24)25-23(30)26(19)17-8-5-4-6-9-17/h4-6,8-13,21H,3,7,15H2,1-2H3,(H,25,30)/t21-/m1/s1. The van der Waals surface area contributed by atoms with Crippen LogP contribution in [0.5, 0.6) is 5.75 Å². The van der Waals surface area contributed by atoms with E-state index in [1.165, 1.54) is 7.11 Å². The third-order valence-corrected chi connectivity index (χ3v) is 5.06. The lowest BCUT2D eigenvalue weighted by atomic mass is 9.92. The van der Waals surface area contributed by atoms with Gasteiger partial charge in [-0.05, 0) is 48.5 Å². The minimum atomic E-state index is -0.448. The smallest absolute Gasteiger partial charge is 0.337 e. The zero-order chi connectivity index (χ0) is 21.5. The van der Waals surface area contributed by atoms with Crippen LogP contribution in [0.2, 0.25) is 0 Å². The van der Waals surface area contributed by atoms with Gasteiger partial charge in [-0.15, -0.1) is 0 Å². The average molecular weight is 422 g/mol. The fourth-order valence-electron chi connectivity index (χ4n) is 3.47. The van der Waals surface area contributed by atoms with Crippen LogP contribution < -0.4 is 15.0 Å². The van der Waals surface area contributed by atoms with E-state index in [2.05, 4.69) is 12.2 Å². The molecule has 1 heterocycles. The van der Waals surface area contributed by atoms with Crippen molar-refractivity contribution in [3.63, 3.8) is 0 Å². The Bertz CT molecular complexity index is 981. The highest BCUT2D eigenvalue weighted by atomic mass is 32.1. The summed E-state index contributed by atoms with van der Waals surface area (Å²) < 4.78 is 10.5. The summed E-state index contributed by atoms with van der Waals surface area (Å²) in [6.07, 6.45) is 1.51. The van der Waals surface area contributed by atoms with Crippen LogP contribution in [0.3, 0.4) is 0 Å². The van der Waals surface area contributed by atoms with Crippen molar-refractivity contribution in [2.45, 2.75) is 25.8 Å². The summed E-state index contributed by atoms with van der Waals surface area (Å²) in [6, 6.07) is 18.5. The van der Waals surface area contributed by atoms with Crippen LogP contribution >= 0.6 is 12.2 Å². The Labute approximate surface area is 181 Å². The lowest BCUT2D eigenvalue weighted by Crippen LogP contribution is -2.48. The molecule has 7 heteroatoms. The quantitative estimate of drug-likeness (QED) is 0.529.